The fraction of sp³-hybridized carbons (Fsp3) is 0.435. The molecule has 0 aliphatic heterocycles. The van der Waals surface area contributed by atoms with Gasteiger partial charge in [-0.25, -0.2) is 4.79 Å². The average Bonchev–Trinajstić information content (AvgIpc) is 2.91. The summed E-state index contributed by atoms with van der Waals surface area (Å²) >= 11 is 0. The molecule has 1 aliphatic carbocycles. The number of hydrogen-bond donors (Lipinski definition) is 1. The Hall–Kier alpha value is -3.29. The van der Waals surface area contributed by atoms with Crippen LogP contribution < -0.4 is 5.32 Å². The van der Waals surface area contributed by atoms with E-state index in [1.54, 1.807) is 69.4 Å². The van der Waals surface area contributed by atoms with E-state index in [0.717, 1.165) is 6.42 Å². The summed E-state index contributed by atoms with van der Waals surface area (Å²) in [5.74, 6) is -0.261. The highest BCUT2D eigenvalue weighted by molar-refractivity contribution is 6.01. The van der Waals surface area contributed by atoms with Crippen molar-refractivity contribution in [2.24, 2.45) is 0 Å². The highest BCUT2D eigenvalue weighted by Crippen LogP contribution is 2.35. The molecule has 31 heavy (non-hydrogen) atoms. The summed E-state index contributed by atoms with van der Waals surface area (Å²) in [4.78, 5) is 47.5. The van der Waals surface area contributed by atoms with Gasteiger partial charge in [0.15, 0.2) is 6.29 Å². The van der Waals surface area contributed by atoms with Crippen LogP contribution in [-0.4, -0.2) is 45.8 Å². The van der Waals surface area contributed by atoms with Crippen molar-refractivity contribution in [3.8, 4) is 0 Å². The molecule has 0 unspecified atom stereocenters. The maximum atomic E-state index is 13.2. The number of benzene rings is 1. The zero-order valence-electron chi connectivity index (χ0n) is 18.3. The number of nitrogens with one attached hydrogen (secondary N) is 1. The monoisotopic (exact) mass is 424 g/mol. The normalized spacial score (nSPS) is 18.3. The Labute approximate surface area is 182 Å². The summed E-state index contributed by atoms with van der Waals surface area (Å²) in [5, 5.41) is 2.90. The van der Waals surface area contributed by atoms with Crippen LogP contribution in [0.4, 0.5) is 4.79 Å². The Bertz CT molecular complexity index is 970. The number of rotatable bonds is 4. The van der Waals surface area contributed by atoms with Crippen LogP contribution in [0, 0.1) is 0 Å². The second-order valence-corrected chi connectivity index (χ2v) is 8.59. The van der Waals surface area contributed by atoms with Crippen molar-refractivity contribution in [3.05, 3.63) is 59.2 Å². The number of amides is 2. The fourth-order valence-corrected chi connectivity index (χ4v) is 3.77. The minimum Gasteiger partial charge on any atom is -0.444 e. The number of aromatic nitrogens is 2. The van der Waals surface area contributed by atoms with Crippen LogP contribution in [0.2, 0.25) is 0 Å². The topological polar surface area (TPSA) is 101 Å². The molecule has 0 radical (unpaired) electrons. The molecule has 2 amide bonds. The van der Waals surface area contributed by atoms with Crippen molar-refractivity contribution in [2.45, 2.75) is 57.7 Å². The van der Waals surface area contributed by atoms with E-state index >= 15 is 0 Å². The maximum absolute atomic E-state index is 13.2. The van der Waals surface area contributed by atoms with Crippen LogP contribution in [0.25, 0.3) is 0 Å². The third-order valence-electron chi connectivity index (χ3n) is 5.17. The van der Waals surface area contributed by atoms with Crippen LogP contribution in [0.3, 0.4) is 0 Å². The van der Waals surface area contributed by atoms with Crippen molar-refractivity contribution in [1.29, 1.82) is 0 Å². The SMILES string of the molecule is CN(C(=O)c1ccccc1C=O)[C@@H]1CCC[C@H](NC(=O)OC(C)(C)C)c2nccnc21. The molecule has 0 saturated heterocycles. The number of fused-ring (bicyclic) bond motifs is 1. The molecule has 0 bridgehead atoms. The van der Waals surface area contributed by atoms with Crippen LogP contribution in [0.5, 0.6) is 0 Å². The highest BCUT2D eigenvalue weighted by atomic mass is 16.6. The van der Waals surface area contributed by atoms with E-state index < -0.39 is 11.7 Å². The molecule has 2 aromatic rings. The number of ether oxygens (including phenoxy) is 1. The molecule has 1 aromatic heterocycles. The summed E-state index contributed by atoms with van der Waals surface area (Å²) in [6.07, 6.45) is 5.38. The van der Waals surface area contributed by atoms with Gasteiger partial charge < -0.3 is 15.0 Å². The van der Waals surface area contributed by atoms with E-state index in [-0.39, 0.29) is 18.0 Å². The van der Waals surface area contributed by atoms with E-state index in [9.17, 15) is 14.4 Å². The van der Waals surface area contributed by atoms with Crippen molar-refractivity contribution >= 4 is 18.3 Å². The Balaban J connectivity index is 1.88. The predicted octanol–water partition coefficient (Wildman–Crippen LogP) is 3.85. The highest BCUT2D eigenvalue weighted by Gasteiger charge is 2.33. The van der Waals surface area contributed by atoms with Gasteiger partial charge in [0.05, 0.1) is 29.0 Å². The van der Waals surface area contributed by atoms with Gasteiger partial charge in [0.25, 0.3) is 5.91 Å². The molecule has 0 fully saturated rings. The Morgan fingerprint density at radius 2 is 1.81 bits per heavy atom. The lowest BCUT2D eigenvalue weighted by Crippen LogP contribution is -2.36. The van der Waals surface area contributed by atoms with E-state index in [1.807, 2.05) is 0 Å². The molecule has 164 valence electrons. The zero-order chi connectivity index (χ0) is 22.6. The molecular formula is C23H28N4O4. The summed E-state index contributed by atoms with van der Waals surface area (Å²) in [6.45, 7) is 5.42. The minimum atomic E-state index is -0.610. The Kier molecular flexibility index (Phi) is 6.68. The molecule has 1 heterocycles. The molecule has 8 heteroatoms. The number of aldehydes is 1. The lowest BCUT2D eigenvalue weighted by atomic mass is 10.0. The predicted molar refractivity (Wildman–Crippen MR) is 115 cm³/mol. The van der Waals surface area contributed by atoms with Gasteiger partial charge >= 0.3 is 6.09 Å². The van der Waals surface area contributed by atoms with Crippen LogP contribution in [0.1, 0.15) is 84.2 Å². The van der Waals surface area contributed by atoms with Crippen molar-refractivity contribution in [2.75, 3.05) is 7.05 Å². The van der Waals surface area contributed by atoms with Gasteiger partial charge in [-0.1, -0.05) is 18.2 Å². The number of carbonyl (C=O) groups excluding carboxylic acids is 3. The number of hydrogen-bond acceptors (Lipinski definition) is 6. The molecule has 0 spiro atoms. The first-order valence-corrected chi connectivity index (χ1v) is 10.3. The first kappa shape index (κ1) is 22.4. The molecular weight excluding hydrogens is 396 g/mol. The van der Waals surface area contributed by atoms with E-state index in [1.165, 1.54) is 0 Å². The average molecular weight is 425 g/mol. The lowest BCUT2D eigenvalue weighted by Gasteiger charge is -2.28. The van der Waals surface area contributed by atoms with Gasteiger partial charge in [-0.3, -0.25) is 19.6 Å². The van der Waals surface area contributed by atoms with E-state index in [0.29, 0.717) is 41.6 Å². The van der Waals surface area contributed by atoms with Crippen molar-refractivity contribution < 1.29 is 19.1 Å². The molecule has 1 aliphatic rings. The van der Waals surface area contributed by atoms with Gasteiger partial charge in [0.1, 0.15) is 5.60 Å². The maximum Gasteiger partial charge on any atom is 0.408 e. The Morgan fingerprint density at radius 3 is 2.48 bits per heavy atom. The molecule has 2 atom stereocenters. The van der Waals surface area contributed by atoms with Crippen molar-refractivity contribution in [1.82, 2.24) is 20.2 Å². The summed E-state index contributed by atoms with van der Waals surface area (Å²) in [7, 11) is 1.70. The van der Waals surface area contributed by atoms with E-state index in [4.69, 9.17) is 4.74 Å². The lowest BCUT2D eigenvalue weighted by molar-refractivity contribution is 0.0499. The summed E-state index contributed by atoms with van der Waals surface area (Å²) in [6, 6.07) is 6.02. The standard InChI is InChI=1S/C23H28N4O4/c1-23(2,3)31-22(30)26-17-10-7-11-18(20-19(17)24-12-13-25-20)27(4)21(29)16-9-6-5-8-15(16)14-28/h5-6,8-9,12-14,17-18H,7,10-11H2,1-4H3,(H,26,30)/t17-,18+/m0/s1. The zero-order valence-corrected chi connectivity index (χ0v) is 18.3. The van der Waals surface area contributed by atoms with Gasteiger partial charge in [-0.15, -0.1) is 0 Å². The smallest absolute Gasteiger partial charge is 0.408 e. The second kappa shape index (κ2) is 9.24. The van der Waals surface area contributed by atoms with Gasteiger partial charge in [0.2, 0.25) is 0 Å². The quantitative estimate of drug-likeness (QED) is 0.591. The van der Waals surface area contributed by atoms with Gasteiger partial charge in [-0.2, -0.15) is 0 Å². The first-order valence-electron chi connectivity index (χ1n) is 10.3. The summed E-state index contributed by atoms with van der Waals surface area (Å²) < 4.78 is 5.40. The minimum absolute atomic E-state index is 0.261. The molecule has 3 rings (SSSR count). The second-order valence-electron chi connectivity index (χ2n) is 8.59. The Morgan fingerprint density at radius 1 is 1.13 bits per heavy atom. The van der Waals surface area contributed by atoms with Crippen LogP contribution in [-0.2, 0) is 4.74 Å². The van der Waals surface area contributed by atoms with Crippen LogP contribution in [0.15, 0.2) is 36.7 Å². The fourth-order valence-electron chi connectivity index (χ4n) is 3.77. The molecule has 0 saturated carbocycles. The number of nitrogens with zero attached hydrogens (tertiary/aromatic N) is 3. The number of alkyl carbamates (subject to hydrolysis) is 1. The van der Waals surface area contributed by atoms with Crippen LogP contribution >= 0.6 is 0 Å². The molecule has 1 N–H and O–H groups in total. The largest absolute Gasteiger partial charge is 0.444 e. The molecule has 8 nitrogen and oxygen atoms in total. The van der Waals surface area contributed by atoms with Gasteiger partial charge in [-0.05, 0) is 46.1 Å². The number of carbonyl (C=O) groups is 3. The third kappa shape index (κ3) is 5.25. The van der Waals surface area contributed by atoms with Gasteiger partial charge in [0, 0.05) is 25.0 Å². The third-order valence-corrected chi connectivity index (χ3v) is 5.17. The first-order chi connectivity index (χ1) is 14.7. The van der Waals surface area contributed by atoms with Crippen molar-refractivity contribution in [3.63, 3.8) is 0 Å². The molecule has 1 aromatic carbocycles. The summed E-state index contributed by atoms with van der Waals surface area (Å²) in [5.41, 5.74) is 1.34. The van der Waals surface area contributed by atoms with E-state index in [2.05, 4.69) is 15.3 Å².